The van der Waals surface area contributed by atoms with E-state index < -0.39 is 5.41 Å². The number of allylic oxidation sites excluding steroid dienone is 5. The Kier molecular flexibility index (Phi) is 4.37. The summed E-state index contributed by atoms with van der Waals surface area (Å²) < 4.78 is 0. The number of carbonyl (C=O) groups excluding carboxylic acids is 2. The van der Waals surface area contributed by atoms with Crippen molar-refractivity contribution in [3.05, 3.63) is 77.7 Å². The molecule has 122 valence electrons. The number of hydrogen-bond acceptors (Lipinski definition) is 3. The summed E-state index contributed by atoms with van der Waals surface area (Å²) in [5.41, 5.74) is 5.13. The van der Waals surface area contributed by atoms with Gasteiger partial charge in [-0.15, -0.1) is 5.73 Å². The van der Waals surface area contributed by atoms with Gasteiger partial charge >= 0.3 is 0 Å². The first-order valence-corrected chi connectivity index (χ1v) is 8.16. The molecule has 0 bridgehead atoms. The third kappa shape index (κ3) is 2.91. The lowest BCUT2D eigenvalue weighted by Gasteiger charge is -2.31. The van der Waals surface area contributed by atoms with Crippen molar-refractivity contribution in [3.8, 4) is 0 Å². The third-order valence-corrected chi connectivity index (χ3v) is 4.92. The Bertz CT molecular complexity index is 781. The largest absolute Gasteiger partial charge is 0.384 e. The molecule has 0 amide bonds. The smallest absolute Gasteiger partial charge is 0.162 e. The summed E-state index contributed by atoms with van der Waals surface area (Å²) in [6.07, 6.45) is 6.03. The SMILES string of the molecule is C=C=C[C@]12C=CC(=O)C[C@H]1/C(=C(\C)NCc1ccccc1)C(=O)C2. The highest BCUT2D eigenvalue weighted by Gasteiger charge is 2.50. The van der Waals surface area contributed by atoms with Gasteiger partial charge in [-0.05, 0) is 24.6 Å². The molecule has 2 aliphatic rings. The van der Waals surface area contributed by atoms with Crippen LogP contribution in [0.15, 0.2) is 72.1 Å². The van der Waals surface area contributed by atoms with E-state index in [1.54, 1.807) is 6.08 Å². The molecule has 0 unspecified atom stereocenters. The first-order chi connectivity index (χ1) is 11.6. The molecule has 1 aromatic rings. The average Bonchev–Trinajstić information content (AvgIpc) is 2.85. The molecule has 1 fully saturated rings. The van der Waals surface area contributed by atoms with Gasteiger partial charge in [-0.25, -0.2) is 0 Å². The summed E-state index contributed by atoms with van der Waals surface area (Å²) in [6.45, 7) is 6.24. The topological polar surface area (TPSA) is 46.2 Å². The summed E-state index contributed by atoms with van der Waals surface area (Å²) in [7, 11) is 0. The monoisotopic (exact) mass is 319 g/mol. The summed E-state index contributed by atoms with van der Waals surface area (Å²) in [4.78, 5) is 24.6. The van der Waals surface area contributed by atoms with Crippen LogP contribution in [0.2, 0.25) is 0 Å². The molecule has 3 heteroatoms. The van der Waals surface area contributed by atoms with Crippen LogP contribution in [0.5, 0.6) is 0 Å². The van der Waals surface area contributed by atoms with Gasteiger partial charge in [0.25, 0.3) is 0 Å². The van der Waals surface area contributed by atoms with Gasteiger partial charge in [0.15, 0.2) is 11.6 Å². The Hall–Kier alpha value is -2.64. The second-order valence-electron chi connectivity index (χ2n) is 6.49. The van der Waals surface area contributed by atoms with E-state index in [9.17, 15) is 9.59 Å². The van der Waals surface area contributed by atoms with Crippen LogP contribution in [0.1, 0.15) is 25.3 Å². The van der Waals surface area contributed by atoms with Crippen molar-refractivity contribution in [2.24, 2.45) is 11.3 Å². The van der Waals surface area contributed by atoms with Crippen LogP contribution < -0.4 is 5.32 Å². The predicted molar refractivity (Wildman–Crippen MR) is 94.0 cm³/mol. The van der Waals surface area contributed by atoms with E-state index in [1.165, 1.54) is 0 Å². The minimum Gasteiger partial charge on any atom is -0.384 e. The maximum absolute atomic E-state index is 12.7. The van der Waals surface area contributed by atoms with Crippen LogP contribution in [0.25, 0.3) is 0 Å². The van der Waals surface area contributed by atoms with Crippen LogP contribution in [0.3, 0.4) is 0 Å². The molecular weight excluding hydrogens is 298 g/mol. The van der Waals surface area contributed by atoms with Gasteiger partial charge in [0, 0.05) is 42.0 Å². The van der Waals surface area contributed by atoms with Gasteiger partial charge in [0.05, 0.1) is 0 Å². The molecule has 3 nitrogen and oxygen atoms in total. The molecule has 3 rings (SSSR count). The summed E-state index contributed by atoms with van der Waals surface area (Å²) in [6, 6.07) is 10.0. The Morgan fingerprint density at radius 1 is 1.38 bits per heavy atom. The van der Waals surface area contributed by atoms with Crippen molar-refractivity contribution in [1.29, 1.82) is 0 Å². The zero-order valence-electron chi connectivity index (χ0n) is 13.8. The highest BCUT2D eigenvalue weighted by atomic mass is 16.1. The van der Waals surface area contributed by atoms with Gasteiger partial charge in [-0.1, -0.05) is 43.0 Å². The highest BCUT2D eigenvalue weighted by Crippen LogP contribution is 2.51. The van der Waals surface area contributed by atoms with E-state index >= 15 is 0 Å². The molecular formula is C21H21NO2. The van der Waals surface area contributed by atoms with E-state index in [4.69, 9.17) is 0 Å². The third-order valence-electron chi connectivity index (χ3n) is 4.92. The fourth-order valence-corrected chi connectivity index (χ4v) is 3.73. The van der Waals surface area contributed by atoms with Crippen molar-refractivity contribution in [1.82, 2.24) is 5.32 Å². The lowest BCUT2D eigenvalue weighted by Crippen LogP contribution is -2.28. The quantitative estimate of drug-likeness (QED) is 0.682. The second kappa shape index (κ2) is 6.46. The summed E-state index contributed by atoms with van der Waals surface area (Å²) in [5, 5.41) is 3.35. The minimum atomic E-state index is -0.447. The lowest BCUT2D eigenvalue weighted by molar-refractivity contribution is -0.116. The lowest BCUT2D eigenvalue weighted by atomic mass is 9.71. The van der Waals surface area contributed by atoms with Gasteiger partial charge in [0.1, 0.15) is 0 Å². The van der Waals surface area contributed by atoms with Gasteiger partial charge in [-0.2, -0.15) is 0 Å². The summed E-state index contributed by atoms with van der Waals surface area (Å²) >= 11 is 0. The standard InChI is InChI=1S/C21H21NO2/c1-3-10-21-11-9-17(23)12-18(21)20(19(24)13-21)15(2)22-14-16-7-5-4-6-8-16/h4-11,18,22H,1,12-14H2,2H3/b20-15-/t18-,21+/m0/s1. The summed E-state index contributed by atoms with van der Waals surface area (Å²) in [5.74, 6) is 0.0417. The molecule has 0 spiro atoms. The highest BCUT2D eigenvalue weighted by molar-refractivity contribution is 6.03. The van der Waals surface area contributed by atoms with Gasteiger partial charge in [-0.3, -0.25) is 9.59 Å². The maximum Gasteiger partial charge on any atom is 0.162 e. The normalized spacial score (nSPS) is 27.5. The fourth-order valence-electron chi connectivity index (χ4n) is 3.73. The number of hydrogen-bond donors (Lipinski definition) is 1. The van der Waals surface area contributed by atoms with Crippen molar-refractivity contribution >= 4 is 11.6 Å². The molecule has 1 N–H and O–H groups in total. The van der Waals surface area contributed by atoms with Gasteiger partial charge in [0.2, 0.25) is 0 Å². The van der Waals surface area contributed by atoms with Crippen LogP contribution in [0.4, 0.5) is 0 Å². The van der Waals surface area contributed by atoms with E-state index in [-0.39, 0.29) is 17.5 Å². The maximum atomic E-state index is 12.7. The van der Waals surface area contributed by atoms with Gasteiger partial charge < -0.3 is 5.32 Å². The zero-order chi connectivity index (χ0) is 17.2. The number of fused-ring (bicyclic) bond motifs is 1. The average molecular weight is 319 g/mol. The van der Waals surface area contributed by atoms with Crippen LogP contribution in [-0.2, 0) is 16.1 Å². The number of Topliss-reactive ketones (excluding diaryl/α,β-unsaturated/α-hetero) is 1. The van der Waals surface area contributed by atoms with Crippen molar-refractivity contribution in [2.75, 3.05) is 0 Å². The molecule has 0 radical (unpaired) electrons. The molecule has 2 aliphatic carbocycles. The first-order valence-electron chi connectivity index (χ1n) is 8.16. The van der Waals surface area contributed by atoms with Crippen molar-refractivity contribution in [3.63, 3.8) is 0 Å². The molecule has 24 heavy (non-hydrogen) atoms. The number of carbonyl (C=O) groups is 2. The molecule has 0 aromatic heterocycles. The van der Waals surface area contributed by atoms with E-state index in [0.29, 0.717) is 19.4 Å². The van der Waals surface area contributed by atoms with Crippen LogP contribution >= 0.6 is 0 Å². The van der Waals surface area contributed by atoms with E-state index in [2.05, 4.69) is 17.6 Å². The molecule has 1 aromatic carbocycles. The Morgan fingerprint density at radius 2 is 2.12 bits per heavy atom. The van der Waals surface area contributed by atoms with Crippen molar-refractivity contribution < 1.29 is 9.59 Å². The zero-order valence-corrected chi connectivity index (χ0v) is 13.8. The molecule has 0 aliphatic heterocycles. The number of ketones is 2. The Labute approximate surface area is 142 Å². The number of rotatable bonds is 4. The fraction of sp³-hybridized carbons (Fsp3) is 0.286. The van der Waals surface area contributed by atoms with E-state index in [0.717, 1.165) is 16.8 Å². The Balaban J connectivity index is 1.91. The van der Waals surface area contributed by atoms with Crippen LogP contribution in [0, 0.1) is 11.3 Å². The van der Waals surface area contributed by atoms with E-state index in [1.807, 2.05) is 49.4 Å². The first kappa shape index (κ1) is 16.2. The molecule has 0 saturated heterocycles. The van der Waals surface area contributed by atoms with Crippen LogP contribution in [-0.4, -0.2) is 11.6 Å². The molecule has 0 heterocycles. The number of benzene rings is 1. The second-order valence-corrected chi connectivity index (χ2v) is 6.49. The minimum absolute atomic E-state index is 0.0659. The molecule has 2 atom stereocenters. The van der Waals surface area contributed by atoms with Crippen molar-refractivity contribution in [2.45, 2.75) is 26.3 Å². The Morgan fingerprint density at radius 3 is 2.83 bits per heavy atom. The number of nitrogens with one attached hydrogen (secondary N) is 1. The predicted octanol–water partition coefficient (Wildman–Crippen LogP) is 3.50. The molecule has 1 saturated carbocycles.